The number of anilines is 1. The molecule has 0 amide bonds. The second kappa shape index (κ2) is 6.34. The number of rotatable bonds is 2. The predicted octanol–water partition coefficient (Wildman–Crippen LogP) is 4.53. The lowest BCUT2D eigenvalue weighted by Crippen LogP contribution is -2.22. The molecular formula is C24H21NO3. The minimum atomic E-state index is -1.20. The van der Waals surface area contributed by atoms with Crippen molar-refractivity contribution in [3.63, 3.8) is 0 Å². The summed E-state index contributed by atoms with van der Waals surface area (Å²) < 4.78 is 0. The van der Waals surface area contributed by atoms with Gasteiger partial charge in [0.2, 0.25) is 0 Å². The van der Waals surface area contributed by atoms with E-state index in [0.717, 1.165) is 5.70 Å². The van der Waals surface area contributed by atoms with Crippen LogP contribution in [0.1, 0.15) is 19.4 Å². The number of hydrogen-bond acceptors (Lipinski definition) is 3. The number of carboxylic acid groups (broad SMARTS) is 1. The summed E-state index contributed by atoms with van der Waals surface area (Å²) in [6, 6.07) is 12.7. The van der Waals surface area contributed by atoms with Gasteiger partial charge < -0.3 is 10.0 Å². The van der Waals surface area contributed by atoms with Crippen LogP contribution < -0.4 is 4.90 Å². The van der Waals surface area contributed by atoms with Gasteiger partial charge >= 0.3 is 5.97 Å². The minimum absolute atomic E-state index is 0.208. The Balaban J connectivity index is 1.81. The summed E-state index contributed by atoms with van der Waals surface area (Å²) in [6.45, 7) is 4.40. The molecule has 0 unspecified atom stereocenters. The van der Waals surface area contributed by atoms with Crippen molar-refractivity contribution in [3.05, 3.63) is 89.2 Å². The lowest BCUT2D eigenvalue weighted by Gasteiger charge is -2.24. The van der Waals surface area contributed by atoms with Crippen molar-refractivity contribution in [2.24, 2.45) is 0 Å². The Hall–Kier alpha value is -3.40. The van der Waals surface area contributed by atoms with Gasteiger partial charge in [0.25, 0.3) is 0 Å². The van der Waals surface area contributed by atoms with E-state index in [2.05, 4.69) is 49.1 Å². The first-order chi connectivity index (χ1) is 13.3. The number of carbonyl (C=O) groups is 2. The number of ketones is 1. The number of hydrogen-bond donors (Lipinski definition) is 1. The maximum Gasteiger partial charge on any atom is 0.339 e. The number of carbonyl (C=O) groups excluding carboxylic acids is 1. The summed E-state index contributed by atoms with van der Waals surface area (Å²) in [7, 11) is 2.05. The number of benzene rings is 2. The molecule has 1 aliphatic heterocycles. The molecule has 2 aromatic carbocycles. The third kappa shape index (κ3) is 2.69. The summed E-state index contributed by atoms with van der Waals surface area (Å²) in [6.07, 6.45) is 8.26. The van der Waals surface area contributed by atoms with E-state index >= 15 is 0 Å². The molecule has 4 nitrogen and oxygen atoms in total. The van der Waals surface area contributed by atoms with Crippen molar-refractivity contribution < 1.29 is 14.7 Å². The van der Waals surface area contributed by atoms with Crippen molar-refractivity contribution in [2.75, 3.05) is 11.9 Å². The predicted molar refractivity (Wildman–Crippen MR) is 111 cm³/mol. The molecule has 0 fully saturated rings. The molecule has 2 aliphatic rings. The SMILES string of the molecule is CN1/C(=C\C=C2/C=CC(=O)C(C(=O)O)=C2)C(C)(C)c2c1ccc1ccccc21. The minimum Gasteiger partial charge on any atom is -0.478 e. The number of aliphatic carboxylic acids is 1. The van der Waals surface area contributed by atoms with Crippen LogP contribution in [0.15, 0.2) is 83.6 Å². The topological polar surface area (TPSA) is 57.6 Å². The molecular weight excluding hydrogens is 350 g/mol. The summed E-state index contributed by atoms with van der Waals surface area (Å²) in [4.78, 5) is 25.1. The average molecular weight is 371 g/mol. The lowest BCUT2D eigenvalue weighted by molar-refractivity contribution is -0.134. The van der Waals surface area contributed by atoms with Gasteiger partial charge in [-0.2, -0.15) is 0 Å². The van der Waals surface area contributed by atoms with E-state index in [-0.39, 0.29) is 11.0 Å². The van der Waals surface area contributed by atoms with Gasteiger partial charge in [-0.15, -0.1) is 0 Å². The van der Waals surface area contributed by atoms with E-state index in [9.17, 15) is 14.7 Å². The lowest BCUT2D eigenvalue weighted by atomic mass is 9.81. The van der Waals surface area contributed by atoms with Crippen LogP contribution in [0.25, 0.3) is 10.8 Å². The normalized spacial score (nSPS) is 20.8. The fraction of sp³-hybridized carbons (Fsp3) is 0.167. The molecule has 0 atom stereocenters. The van der Waals surface area contributed by atoms with Crippen molar-refractivity contribution in [3.8, 4) is 0 Å². The first kappa shape index (κ1) is 18.0. The molecule has 28 heavy (non-hydrogen) atoms. The standard InChI is InChI=1S/C24H21NO3/c1-24(2)21(13-9-15-8-12-20(26)18(14-15)23(27)28)25(3)19-11-10-16-6-4-5-7-17(16)22(19)24/h4-14H,1-3H3,(H,27,28)/b15-9+,21-13-. The summed E-state index contributed by atoms with van der Waals surface area (Å²) >= 11 is 0. The molecule has 0 bridgehead atoms. The number of nitrogens with zero attached hydrogens (tertiary/aromatic N) is 1. The molecule has 1 aliphatic carbocycles. The van der Waals surface area contributed by atoms with Gasteiger partial charge in [0.05, 0.1) is 0 Å². The molecule has 4 heteroatoms. The number of likely N-dealkylation sites (N-methyl/N-ethyl adjacent to an activating group) is 1. The molecule has 0 saturated carbocycles. The van der Waals surface area contributed by atoms with Crippen LogP contribution >= 0.6 is 0 Å². The van der Waals surface area contributed by atoms with Crippen molar-refractivity contribution in [1.29, 1.82) is 0 Å². The fourth-order valence-electron chi connectivity index (χ4n) is 4.19. The largest absolute Gasteiger partial charge is 0.478 e. The summed E-state index contributed by atoms with van der Waals surface area (Å²) in [5, 5.41) is 11.6. The molecule has 1 heterocycles. The fourth-order valence-corrected chi connectivity index (χ4v) is 4.19. The average Bonchev–Trinajstić information content (AvgIpc) is 2.87. The Labute approximate surface area is 163 Å². The van der Waals surface area contributed by atoms with Gasteiger partial charge in [-0.1, -0.05) is 56.3 Å². The summed E-state index contributed by atoms with van der Waals surface area (Å²) in [5.74, 6) is -1.68. The van der Waals surface area contributed by atoms with E-state index in [4.69, 9.17) is 0 Å². The van der Waals surface area contributed by atoms with E-state index in [1.807, 2.05) is 25.3 Å². The van der Waals surface area contributed by atoms with Gasteiger partial charge in [-0.05, 0) is 46.2 Å². The Kier molecular flexibility index (Phi) is 4.07. The highest BCUT2D eigenvalue weighted by molar-refractivity contribution is 6.22. The highest BCUT2D eigenvalue weighted by Gasteiger charge is 2.39. The van der Waals surface area contributed by atoms with Gasteiger partial charge in [0.1, 0.15) is 5.57 Å². The van der Waals surface area contributed by atoms with Gasteiger partial charge in [-0.3, -0.25) is 4.79 Å². The highest BCUT2D eigenvalue weighted by Crippen LogP contribution is 2.49. The molecule has 4 rings (SSSR count). The van der Waals surface area contributed by atoms with Crippen molar-refractivity contribution >= 4 is 28.2 Å². The Morgan fingerprint density at radius 2 is 1.82 bits per heavy atom. The van der Waals surface area contributed by atoms with Crippen LogP contribution in [0.2, 0.25) is 0 Å². The van der Waals surface area contributed by atoms with Crippen LogP contribution in [-0.2, 0) is 15.0 Å². The Morgan fingerprint density at radius 1 is 1.07 bits per heavy atom. The number of carboxylic acids is 1. The zero-order valence-electron chi connectivity index (χ0n) is 16.1. The van der Waals surface area contributed by atoms with Crippen LogP contribution in [0.5, 0.6) is 0 Å². The van der Waals surface area contributed by atoms with Gasteiger partial charge in [-0.25, -0.2) is 4.79 Å². The third-order valence-corrected chi connectivity index (χ3v) is 5.56. The Bertz CT molecular complexity index is 1150. The third-order valence-electron chi connectivity index (χ3n) is 5.56. The molecule has 2 aromatic rings. The molecule has 0 spiro atoms. The Morgan fingerprint density at radius 3 is 2.57 bits per heavy atom. The van der Waals surface area contributed by atoms with Gasteiger partial charge in [0, 0.05) is 23.8 Å². The molecule has 0 saturated heterocycles. The maximum absolute atomic E-state index is 11.7. The highest BCUT2D eigenvalue weighted by atomic mass is 16.4. The summed E-state index contributed by atoms with van der Waals surface area (Å²) in [5.41, 5.74) is 3.84. The van der Waals surface area contributed by atoms with E-state index in [0.29, 0.717) is 5.57 Å². The van der Waals surface area contributed by atoms with E-state index in [1.165, 1.54) is 34.2 Å². The monoisotopic (exact) mass is 371 g/mol. The first-order valence-electron chi connectivity index (χ1n) is 9.16. The quantitative estimate of drug-likeness (QED) is 0.788. The molecule has 0 radical (unpaired) electrons. The zero-order chi connectivity index (χ0) is 20.1. The van der Waals surface area contributed by atoms with Crippen molar-refractivity contribution in [1.82, 2.24) is 0 Å². The van der Waals surface area contributed by atoms with E-state index in [1.54, 1.807) is 6.08 Å². The number of allylic oxidation sites excluding steroid dienone is 7. The second-order valence-corrected chi connectivity index (χ2v) is 7.64. The first-order valence-corrected chi connectivity index (χ1v) is 9.16. The van der Waals surface area contributed by atoms with Crippen LogP contribution in [0, 0.1) is 0 Å². The van der Waals surface area contributed by atoms with Gasteiger partial charge in [0.15, 0.2) is 5.78 Å². The second-order valence-electron chi connectivity index (χ2n) is 7.64. The van der Waals surface area contributed by atoms with E-state index < -0.39 is 11.8 Å². The molecule has 0 aromatic heterocycles. The van der Waals surface area contributed by atoms with Crippen LogP contribution in [0.4, 0.5) is 5.69 Å². The molecule has 140 valence electrons. The smallest absolute Gasteiger partial charge is 0.339 e. The van der Waals surface area contributed by atoms with Crippen LogP contribution in [-0.4, -0.2) is 23.9 Å². The van der Waals surface area contributed by atoms with Crippen LogP contribution in [0.3, 0.4) is 0 Å². The maximum atomic E-state index is 11.7. The van der Waals surface area contributed by atoms with Crippen molar-refractivity contribution in [2.45, 2.75) is 19.3 Å². The number of fused-ring (bicyclic) bond motifs is 3. The zero-order valence-corrected chi connectivity index (χ0v) is 16.1. The molecule has 1 N–H and O–H groups in total.